The molecule has 1 saturated heterocycles. The molecule has 0 aromatic carbocycles. The number of hydrogen-bond acceptors (Lipinski definition) is 5. The molecule has 7 nitrogen and oxygen atoms in total. The molecule has 0 bridgehead atoms. The fourth-order valence-corrected chi connectivity index (χ4v) is 2.30. The first kappa shape index (κ1) is 15.2. The molecule has 3 N–H and O–H groups in total. The van der Waals surface area contributed by atoms with Gasteiger partial charge in [-0.1, -0.05) is 0 Å². The van der Waals surface area contributed by atoms with Crippen LogP contribution in [0.15, 0.2) is 18.3 Å². The van der Waals surface area contributed by atoms with Crippen LogP contribution in [0.25, 0.3) is 0 Å². The molecule has 114 valence electrons. The fraction of sp³-hybridized carbons (Fsp3) is 0.500. The van der Waals surface area contributed by atoms with Crippen LogP contribution < -0.4 is 11.1 Å². The minimum atomic E-state index is -0.496. The van der Waals surface area contributed by atoms with Gasteiger partial charge >= 0.3 is 0 Å². The van der Waals surface area contributed by atoms with Gasteiger partial charge in [0.15, 0.2) is 0 Å². The minimum absolute atomic E-state index is 0.163. The number of carbonyl (C=O) groups is 2. The summed E-state index contributed by atoms with van der Waals surface area (Å²) in [6.45, 7) is 2.59. The number of anilines is 1. The summed E-state index contributed by atoms with van der Waals surface area (Å²) in [7, 11) is 1.63. The number of primary amides is 1. The van der Waals surface area contributed by atoms with Crippen LogP contribution in [0, 0.1) is 5.92 Å². The Morgan fingerprint density at radius 1 is 1.57 bits per heavy atom. The molecule has 1 unspecified atom stereocenters. The molecule has 1 fully saturated rings. The quantitative estimate of drug-likeness (QED) is 0.742. The maximum Gasteiger partial charge on any atom is 0.250 e. The molecule has 2 amide bonds. The van der Waals surface area contributed by atoms with E-state index in [0.29, 0.717) is 37.5 Å². The highest BCUT2D eigenvalue weighted by atomic mass is 16.5. The second-order valence-corrected chi connectivity index (χ2v) is 5.08. The fourth-order valence-electron chi connectivity index (χ4n) is 2.30. The average Bonchev–Trinajstić information content (AvgIpc) is 2.83. The van der Waals surface area contributed by atoms with Crippen molar-refractivity contribution in [1.82, 2.24) is 9.88 Å². The van der Waals surface area contributed by atoms with Crippen LogP contribution in [0.5, 0.6) is 0 Å². The number of amides is 2. The van der Waals surface area contributed by atoms with E-state index in [1.54, 1.807) is 19.2 Å². The highest BCUT2D eigenvalue weighted by Gasteiger charge is 2.28. The predicted molar refractivity (Wildman–Crippen MR) is 77.8 cm³/mol. The lowest BCUT2D eigenvalue weighted by molar-refractivity contribution is -0.128. The average molecular weight is 292 g/mol. The third-order valence-electron chi connectivity index (χ3n) is 3.48. The Morgan fingerprint density at radius 2 is 2.38 bits per heavy atom. The lowest BCUT2D eigenvalue weighted by atomic mass is 10.1. The van der Waals surface area contributed by atoms with Crippen LogP contribution in [0.3, 0.4) is 0 Å². The summed E-state index contributed by atoms with van der Waals surface area (Å²) in [4.78, 5) is 28.7. The van der Waals surface area contributed by atoms with Gasteiger partial charge in [-0.25, -0.2) is 4.98 Å². The first-order valence-corrected chi connectivity index (χ1v) is 6.86. The number of nitrogens with one attached hydrogen (secondary N) is 1. The van der Waals surface area contributed by atoms with E-state index >= 15 is 0 Å². The first-order valence-electron chi connectivity index (χ1n) is 6.86. The molecule has 1 aromatic rings. The van der Waals surface area contributed by atoms with E-state index in [4.69, 9.17) is 10.5 Å². The number of ether oxygens (including phenoxy) is 1. The summed E-state index contributed by atoms with van der Waals surface area (Å²) in [5.41, 5.74) is 5.53. The SMILES string of the molecule is COCCN1CC(CNc2ccc(C(N)=O)cn2)CC1=O. The van der Waals surface area contributed by atoms with Crippen molar-refractivity contribution in [3.05, 3.63) is 23.9 Å². The molecule has 21 heavy (non-hydrogen) atoms. The van der Waals surface area contributed by atoms with Crippen LogP contribution in [0.4, 0.5) is 5.82 Å². The Morgan fingerprint density at radius 3 is 3.00 bits per heavy atom. The Balaban J connectivity index is 1.81. The second-order valence-electron chi connectivity index (χ2n) is 5.08. The number of nitrogens with two attached hydrogens (primary N) is 1. The Hall–Kier alpha value is -2.15. The van der Waals surface area contributed by atoms with E-state index in [0.717, 1.165) is 6.54 Å². The second kappa shape index (κ2) is 7.03. The summed E-state index contributed by atoms with van der Waals surface area (Å²) in [6.07, 6.45) is 1.98. The van der Waals surface area contributed by atoms with Crippen molar-refractivity contribution < 1.29 is 14.3 Å². The molecule has 1 atom stereocenters. The van der Waals surface area contributed by atoms with Gasteiger partial charge in [-0.2, -0.15) is 0 Å². The van der Waals surface area contributed by atoms with E-state index in [1.807, 2.05) is 4.90 Å². The van der Waals surface area contributed by atoms with Gasteiger partial charge in [0.1, 0.15) is 5.82 Å². The van der Waals surface area contributed by atoms with Crippen molar-refractivity contribution >= 4 is 17.6 Å². The van der Waals surface area contributed by atoms with Crippen molar-refractivity contribution in [2.45, 2.75) is 6.42 Å². The standard InChI is InChI=1S/C14H20N4O3/c1-21-5-4-18-9-10(6-13(18)19)7-16-12-3-2-11(8-17-12)14(15)20/h2-3,8,10H,4-7,9H2,1H3,(H2,15,20)(H,16,17). The minimum Gasteiger partial charge on any atom is -0.383 e. The molecule has 2 heterocycles. The molecule has 7 heteroatoms. The van der Waals surface area contributed by atoms with Crippen LogP contribution in [-0.4, -0.2) is 55.0 Å². The van der Waals surface area contributed by atoms with Crippen molar-refractivity contribution in [1.29, 1.82) is 0 Å². The Bertz CT molecular complexity index is 503. The summed E-state index contributed by atoms with van der Waals surface area (Å²) < 4.78 is 4.99. The molecule has 0 aliphatic carbocycles. The third kappa shape index (κ3) is 4.16. The molecule has 2 rings (SSSR count). The Labute approximate surface area is 123 Å². The van der Waals surface area contributed by atoms with Crippen molar-refractivity contribution in [3.63, 3.8) is 0 Å². The van der Waals surface area contributed by atoms with Gasteiger partial charge < -0.3 is 20.7 Å². The zero-order valence-corrected chi connectivity index (χ0v) is 12.0. The number of carbonyl (C=O) groups excluding carboxylic acids is 2. The summed E-state index contributed by atoms with van der Waals surface area (Å²) in [6, 6.07) is 3.34. The lowest BCUT2D eigenvalue weighted by Crippen LogP contribution is -2.29. The number of rotatable bonds is 7. The summed E-state index contributed by atoms with van der Waals surface area (Å²) in [5, 5.41) is 3.18. The zero-order chi connectivity index (χ0) is 15.2. The zero-order valence-electron chi connectivity index (χ0n) is 12.0. The third-order valence-corrected chi connectivity index (χ3v) is 3.48. The van der Waals surface area contributed by atoms with Gasteiger partial charge in [0.25, 0.3) is 0 Å². The number of aromatic nitrogens is 1. The van der Waals surface area contributed by atoms with Gasteiger partial charge in [0, 0.05) is 45.3 Å². The normalized spacial score (nSPS) is 18.0. The van der Waals surface area contributed by atoms with E-state index < -0.39 is 5.91 Å². The van der Waals surface area contributed by atoms with Gasteiger partial charge in [0.2, 0.25) is 11.8 Å². The molecule has 1 aliphatic rings. The topological polar surface area (TPSA) is 97.6 Å². The number of hydrogen-bond donors (Lipinski definition) is 2. The van der Waals surface area contributed by atoms with E-state index in [9.17, 15) is 9.59 Å². The molecular weight excluding hydrogens is 272 g/mol. The number of likely N-dealkylation sites (tertiary alicyclic amines) is 1. The highest BCUT2D eigenvalue weighted by molar-refractivity contribution is 5.92. The van der Waals surface area contributed by atoms with Crippen LogP contribution in [0.2, 0.25) is 0 Å². The maximum atomic E-state index is 11.8. The van der Waals surface area contributed by atoms with Crippen LogP contribution in [0.1, 0.15) is 16.8 Å². The van der Waals surface area contributed by atoms with Crippen LogP contribution >= 0.6 is 0 Å². The number of methoxy groups -OCH3 is 1. The molecular formula is C14H20N4O3. The monoisotopic (exact) mass is 292 g/mol. The van der Waals surface area contributed by atoms with Crippen molar-refractivity contribution in [3.8, 4) is 0 Å². The molecule has 1 aromatic heterocycles. The Kier molecular flexibility index (Phi) is 5.10. The van der Waals surface area contributed by atoms with Gasteiger partial charge in [-0.05, 0) is 12.1 Å². The smallest absolute Gasteiger partial charge is 0.250 e. The highest BCUT2D eigenvalue weighted by Crippen LogP contribution is 2.18. The summed E-state index contributed by atoms with van der Waals surface area (Å²) in [5.74, 6) is 0.592. The molecule has 0 spiro atoms. The predicted octanol–water partition coefficient (Wildman–Crippen LogP) is 0.0873. The van der Waals surface area contributed by atoms with Crippen molar-refractivity contribution in [2.24, 2.45) is 11.7 Å². The lowest BCUT2D eigenvalue weighted by Gasteiger charge is -2.16. The summed E-state index contributed by atoms with van der Waals surface area (Å²) >= 11 is 0. The van der Waals surface area contributed by atoms with Gasteiger partial charge in [-0.15, -0.1) is 0 Å². The van der Waals surface area contributed by atoms with Gasteiger partial charge in [0.05, 0.1) is 12.2 Å². The van der Waals surface area contributed by atoms with E-state index in [-0.39, 0.29) is 11.8 Å². The van der Waals surface area contributed by atoms with Crippen LogP contribution in [-0.2, 0) is 9.53 Å². The van der Waals surface area contributed by atoms with E-state index in [2.05, 4.69) is 10.3 Å². The number of nitrogens with zero attached hydrogens (tertiary/aromatic N) is 2. The van der Waals surface area contributed by atoms with Gasteiger partial charge in [-0.3, -0.25) is 9.59 Å². The maximum absolute atomic E-state index is 11.8. The van der Waals surface area contributed by atoms with Crippen molar-refractivity contribution in [2.75, 3.05) is 38.7 Å². The molecule has 1 aliphatic heterocycles. The van der Waals surface area contributed by atoms with E-state index in [1.165, 1.54) is 6.20 Å². The number of pyridine rings is 1. The largest absolute Gasteiger partial charge is 0.383 e. The molecule has 0 saturated carbocycles. The first-order chi connectivity index (χ1) is 10.1. The molecule has 0 radical (unpaired) electrons.